The van der Waals surface area contributed by atoms with Crippen molar-refractivity contribution in [1.29, 1.82) is 0 Å². The molecule has 1 saturated heterocycles. The molecule has 2 aromatic rings. The number of aryl methyl sites for hydroxylation is 2. The van der Waals surface area contributed by atoms with Crippen LogP contribution in [0.25, 0.3) is 0 Å². The average molecular weight is 492 g/mol. The van der Waals surface area contributed by atoms with E-state index in [9.17, 15) is 13.2 Å². The first kappa shape index (κ1) is 22.6. The van der Waals surface area contributed by atoms with Crippen LogP contribution in [0.2, 0.25) is 0 Å². The minimum absolute atomic E-state index is 0.134. The molecule has 8 nitrogen and oxygen atoms in total. The highest BCUT2D eigenvalue weighted by Gasteiger charge is 2.44. The molecule has 3 heterocycles. The van der Waals surface area contributed by atoms with Gasteiger partial charge in [-0.1, -0.05) is 0 Å². The van der Waals surface area contributed by atoms with E-state index in [4.69, 9.17) is 9.47 Å². The number of nitrogens with zero attached hydrogens (tertiary/aromatic N) is 2. The van der Waals surface area contributed by atoms with Crippen molar-refractivity contribution in [2.75, 3.05) is 38.0 Å². The maximum atomic E-state index is 13.0. The molecule has 178 valence electrons. The zero-order valence-corrected chi connectivity index (χ0v) is 20.6. The van der Waals surface area contributed by atoms with Crippen LogP contribution in [-0.4, -0.2) is 62.0 Å². The summed E-state index contributed by atoms with van der Waals surface area (Å²) in [5.74, 6) is 0.742. The highest BCUT2D eigenvalue weighted by atomic mass is 32.2. The highest BCUT2D eigenvalue weighted by molar-refractivity contribution is 7.89. The molecule has 1 N–H and O–H groups in total. The van der Waals surface area contributed by atoms with Gasteiger partial charge in [-0.2, -0.15) is 4.31 Å². The summed E-state index contributed by atoms with van der Waals surface area (Å²) >= 11 is 1.50. The fourth-order valence-corrected chi connectivity index (χ4v) is 7.77. The number of thiophene rings is 1. The second kappa shape index (κ2) is 8.57. The van der Waals surface area contributed by atoms with Crippen LogP contribution in [0.15, 0.2) is 29.2 Å². The van der Waals surface area contributed by atoms with E-state index < -0.39 is 15.8 Å². The molecule has 1 saturated carbocycles. The minimum Gasteiger partial charge on any atom is -0.448 e. The predicted molar refractivity (Wildman–Crippen MR) is 127 cm³/mol. The molecule has 2 fully saturated rings. The number of rotatable bonds is 5. The highest BCUT2D eigenvalue weighted by Crippen LogP contribution is 2.47. The molecule has 0 unspecified atom stereocenters. The molecule has 1 aliphatic carbocycles. The number of ether oxygens (including phenoxy) is 2. The zero-order chi connectivity index (χ0) is 23.2. The van der Waals surface area contributed by atoms with Gasteiger partial charge in [-0.25, -0.2) is 8.42 Å². The third kappa shape index (κ3) is 4.49. The molecule has 3 aliphatic rings. The van der Waals surface area contributed by atoms with Crippen molar-refractivity contribution >= 4 is 33.0 Å². The summed E-state index contributed by atoms with van der Waals surface area (Å²) < 4.78 is 39.6. The van der Waals surface area contributed by atoms with Gasteiger partial charge in [0, 0.05) is 60.5 Å². The summed E-state index contributed by atoms with van der Waals surface area (Å²) in [6, 6.07) is 7.23. The maximum Gasteiger partial charge on any atom is 0.251 e. The molecule has 0 atom stereocenters. The van der Waals surface area contributed by atoms with Gasteiger partial charge in [0.15, 0.2) is 11.5 Å². The van der Waals surface area contributed by atoms with Crippen LogP contribution in [0.5, 0.6) is 11.5 Å². The number of hydrogen-bond donors (Lipinski definition) is 1. The Bertz CT molecular complexity index is 1160. The molecule has 2 aliphatic heterocycles. The van der Waals surface area contributed by atoms with Crippen LogP contribution in [0.4, 0.5) is 5.69 Å². The lowest BCUT2D eigenvalue weighted by atomic mass is 10.2. The van der Waals surface area contributed by atoms with E-state index >= 15 is 0 Å². The second-order valence-electron chi connectivity index (χ2n) is 8.99. The fourth-order valence-electron chi connectivity index (χ4n) is 4.82. The van der Waals surface area contributed by atoms with Crippen LogP contribution >= 0.6 is 11.3 Å². The summed E-state index contributed by atoms with van der Waals surface area (Å²) in [7, 11) is -3.50. The van der Waals surface area contributed by atoms with E-state index in [0.29, 0.717) is 42.5 Å². The van der Waals surface area contributed by atoms with E-state index in [0.717, 1.165) is 41.2 Å². The van der Waals surface area contributed by atoms with Crippen molar-refractivity contribution in [2.45, 2.75) is 50.2 Å². The molecule has 1 aromatic heterocycles. The first-order chi connectivity index (χ1) is 15.7. The standard InChI is InChI=1S/C23H29N3O5S2/c1-16-13-21(17(2)32-16)33(28,29)26-11-9-25(10-12-26)15-22(27)24-18-5-6-19-20(14-18)31-23(30-19)7-3-4-8-23/h5-6,13-14H,3-4,7-12,15H2,1-2H3,(H,24,27). The van der Waals surface area contributed by atoms with E-state index in [2.05, 4.69) is 5.32 Å². The Hall–Kier alpha value is -2.14. The fraction of sp³-hybridized carbons (Fsp3) is 0.522. The monoisotopic (exact) mass is 491 g/mol. The number of sulfonamides is 1. The number of amides is 1. The first-order valence-electron chi connectivity index (χ1n) is 11.4. The van der Waals surface area contributed by atoms with Crippen molar-refractivity contribution in [2.24, 2.45) is 0 Å². The lowest BCUT2D eigenvalue weighted by Gasteiger charge is -2.33. The van der Waals surface area contributed by atoms with Gasteiger partial charge in [-0.15, -0.1) is 11.3 Å². The van der Waals surface area contributed by atoms with Gasteiger partial charge in [0.2, 0.25) is 15.9 Å². The number of carbonyl (C=O) groups is 1. The maximum absolute atomic E-state index is 13.0. The Morgan fingerprint density at radius 2 is 1.76 bits per heavy atom. The van der Waals surface area contributed by atoms with E-state index in [1.807, 2.05) is 36.9 Å². The molecule has 1 aromatic carbocycles. The lowest BCUT2D eigenvalue weighted by molar-refractivity contribution is -0.117. The number of fused-ring (bicyclic) bond motifs is 1. The third-order valence-electron chi connectivity index (χ3n) is 6.50. The van der Waals surface area contributed by atoms with Gasteiger partial charge in [0.25, 0.3) is 5.79 Å². The molecule has 0 bridgehead atoms. The van der Waals surface area contributed by atoms with E-state index in [1.165, 1.54) is 15.6 Å². The molecule has 1 amide bonds. The Labute approximate surface area is 198 Å². The van der Waals surface area contributed by atoms with Gasteiger partial charge in [0.05, 0.1) is 11.4 Å². The summed E-state index contributed by atoms with van der Waals surface area (Å²) in [4.78, 5) is 16.8. The molecule has 33 heavy (non-hydrogen) atoms. The Balaban J connectivity index is 1.15. The molecule has 0 radical (unpaired) electrons. The number of benzene rings is 1. The van der Waals surface area contributed by atoms with Crippen LogP contribution in [-0.2, 0) is 14.8 Å². The second-order valence-corrected chi connectivity index (χ2v) is 12.4. The SMILES string of the molecule is Cc1cc(S(=O)(=O)N2CCN(CC(=O)Nc3ccc4c(c3)OC3(CCCC3)O4)CC2)c(C)s1. The minimum atomic E-state index is -3.50. The van der Waals surface area contributed by atoms with Gasteiger partial charge >= 0.3 is 0 Å². The Morgan fingerprint density at radius 1 is 1.06 bits per heavy atom. The Kier molecular flexibility index (Phi) is 5.88. The van der Waals surface area contributed by atoms with Crippen LogP contribution in [0.1, 0.15) is 35.4 Å². The Morgan fingerprint density at radius 3 is 2.42 bits per heavy atom. The number of nitrogens with one attached hydrogen (secondary N) is 1. The van der Waals surface area contributed by atoms with Crippen molar-refractivity contribution in [3.63, 3.8) is 0 Å². The summed E-state index contributed by atoms with van der Waals surface area (Å²) in [5.41, 5.74) is 0.668. The number of hydrogen-bond acceptors (Lipinski definition) is 7. The molecule has 10 heteroatoms. The van der Waals surface area contributed by atoms with Crippen LogP contribution in [0.3, 0.4) is 0 Å². The molecular weight excluding hydrogens is 462 g/mol. The molecule has 1 spiro atoms. The van der Waals surface area contributed by atoms with Crippen molar-refractivity contribution in [1.82, 2.24) is 9.21 Å². The number of piperazine rings is 1. The quantitative estimate of drug-likeness (QED) is 0.690. The molecule has 5 rings (SSSR count). The summed E-state index contributed by atoms with van der Waals surface area (Å²) in [6.45, 7) is 5.74. The van der Waals surface area contributed by atoms with Crippen molar-refractivity contribution in [3.05, 3.63) is 34.0 Å². The average Bonchev–Trinajstić information content (AvgIpc) is 3.46. The van der Waals surface area contributed by atoms with Crippen molar-refractivity contribution in [3.8, 4) is 11.5 Å². The van der Waals surface area contributed by atoms with Gasteiger partial charge < -0.3 is 14.8 Å². The van der Waals surface area contributed by atoms with Crippen LogP contribution in [0, 0.1) is 13.8 Å². The summed E-state index contributed by atoms with van der Waals surface area (Å²) in [5, 5.41) is 2.93. The van der Waals surface area contributed by atoms with E-state index in [-0.39, 0.29) is 12.5 Å². The van der Waals surface area contributed by atoms with Gasteiger partial charge in [-0.3, -0.25) is 9.69 Å². The van der Waals surface area contributed by atoms with Crippen molar-refractivity contribution < 1.29 is 22.7 Å². The van der Waals surface area contributed by atoms with Crippen LogP contribution < -0.4 is 14.8 Å². The van der Waals surface area contributed by atoms with Gasteiger partial charge in [0.1, 0.15) is 0 Å². The summed E-state index contributed by atoms with van der Waals surface area (Å²) in [6.07, 6.45) is 3.96. The topological polar surface area (TPSA) is 88.2 Å². The smallest absolute Gasteiger partial charge is 0.251 e. The molecular formula is C23H29N3O5S2. The normalized spacial score (nSPS) is 20.4. The van der Waals surface area contributed by atoms with E-state index in [1.54, 1.807) is 6.07 Å². The predicted octanol–water partition coefficient (Wildman–Crippen LogP) is 3.35. The number of anilines is 1. The zero-order valence-electron chi connectivity index (χ0n) is 18.9. The van der Waals surface area contributed by atoms with Gasteiger partial charge in [-0.05, 0) is 44.9 Å². The number of carbonyl (C=O) groups excluding carboxylic acids is 1. The first-order valence-corrected chi connectivity index (χ1v) is 13.6. The lowest BCUT2D eigenvalue weighted by Crippen LogP contribution is -2.50. The largest absolute Gasteiger partial charge is 0.448 e. The third-order valence-corrected chi connectivity index (χ3v) is 9.62.